The van der Waals surface area contributed by atoms with E-state index in [1.807, 2.05) is 6.07 Å². The summed E-state index contributed by atoms with van der Waals surface area (Å²) in [4.78, 5) is 12.0. The number of aryl methyl sites for hydroxylation is 1. The highest BCUT2D eigenvalue weighted by Crippen LogP contribution is 2.20. The molecule has 7 nitrogen and oxygen atoms in total. The number of thioether (sulfide) groups is 1. The van der Waals surface area contributed by atoms with Gasteiger partial charge < -0.3 is 5.32 Å². The second-order valence-corrected chi connectivity index (χ2v) is 5.33. The van der Waals surface area contributed by atoms with Gasteiger partial charge in [-0.2, -0.15) is 5.26 Å². The number of aromatic nitrogens is 4. The van der Waals surface area contributed by atoms with Gasteiger partial charge in [-0.3, -0.25) is 4.79 Å². The third-order valence-electron chi connectivity index (χ3n) is 2.51. The van der Waals surface area contributed by atoms with E-state index in [4.69, 9.17) is 5.26 Å². The van der Waals surface area contributed by atoms with Crippen LogP contribution in [-0.2, 0) is 11.8 Å². The van der Waals surface area contributed by atoms with Crippen LogP contribution >= 0.6 is 11.8 Å². The highest BCUT2D eigenvalue weighted by molar-refractivity contribution is 8.00. The second-order valence-electron chi connectivity index (χ2n) is 4.02. The summed E-state index contributed by atoms with van der Waals surface area (Å²) in [6.45, 7) is 1.78. The second kappa shape index (κ2) is 6.16. The summed E-state index contributed by atoms with van der Waals surface area (Å²) < 4.78 is 1.51. The lowest BCUT2D eigenvalue weighted by atomic mass is 10.2. The van der Waals surface area contributed by atoms with E-state index in [2.05, 4.69) is 20.8 Å². The standard InChI is InChI=1S/C12H12N6OS/c1-8(20-12-15-16-17-18(12)2)11(19)14-10-5-3-9(7-13)4-6-10/h3-6,8H,1-2H3,(H,14,19)/t8-/m1/s1. The van der Waals surface area contributed by atoms with Crippen LogP contribution in [0.5, 0.6) is 0 Å². The van der Waals surface area contributed by atoms with Gasteiger partial charge in [-0.05, 0) is 41.6 Å². The molecule has 0 aliphatic carbocycles. The van der Waals surface area contributed by atoms with Gasteiger partial charge in [0, 0.05) is 12.7 Å². The predicted molar refractivity (Wildman–Crippen MR) is 73.9 cm³/mol. The van der Waals surface area contributed by atoms with Crippen LogP contribution in [0.1, 0.15) is 12.5 Å². The van der Waals surface area contributed by atoms with Gasteiger partial charge in [-0.25, -0.2) is 4.68 Å². The molecule has 0 aliphatic heterocycles. The Balaban J connectivity index is 1.97. The number of nitrogens with zero attached hydrogens (tertiary/aromatic N) is 5. The van der Waals surface area contributed by atoms with Crippen LogP contribution in [0.15, 0.2) is 29.4 Å². The van der Waals surface area contributed by atoms with E-state index in [9.17, 15) is 4.79 Å². The highest BCUT2D eigenvalue weighted by atomic mass is 32.2. The van der Waals surface area contributed by atoms with Crippen molar-refractivity contribution in [3.8, 4) is 6.07 Å². The van der Waals surface area contributed by atoms with E-state index in [1.54, 1.807) is 38.2 Å². The molecule has 1 atom stereocenters. The van der Waals surface area contributed by atoms with Gasteiger partial charge in [0.15, 0.2) is 0 Å². The molecule has 2 aromatic rings. The quantitative estimate of drug-likeness (QED) is 0.849. The van der Waals surface area contributed by atoms with Crippen molar-refractivity contribution in [2.75, 3.05) is 5.32 Å². The predicted octanol–water partition coefficient (Wildman–Crippen LogP) is 1.20. The first-order valence-corrected chi connectivity index (χ1v) is 6.68. The first-order chi connectivity index (χ1) is 9.60. The van der Waals surface area contributed by atoms with Crippen LogP contribution in [0, 0.1) is 11.3 Å². The SMILES string of the molecule is C[C@@H](Sc1nnnn1C)C(=O)Nc1ccc(C#N)cc1. The van der Waals surface area contributed by atoms with Crippen molar-refractivity contribution in [1.29, 1.82) is 5.26 Å². The Bertz CT molecular complexity index is 645. The van der Waals surface area contributed by atoms with Crippen LogP contribution in [0.3, 0.4) is 0 Å². The molecule has 2 rings (SSSR count). The average molecular weight is 288 g/mol. The molecule has 0 saturated heterocycles. The van der Waals surface area contributed by atoms with Gasteiger partial charge in [-0.15, -0.1) is 5.10 Å². The summed E-state index contributed by atoms with van der Waals surface area (Å²) in [5.74, 6) is -0.150. The summed E-state index contributed by atoms with van der Waals surface area (Å²) in [6.07, 6.45) is 0. The van der Waals surface area contributed by atoms with Crippen LogP contribution in [0.25, 0.3) is 0 Å². The van der Waals surface area contributed by atoms with Gasteiger partial charge >= 0.3 is 0 Å². The first-order valence-electron chi connectivity index (χ1n) is 5.80. The lowest BCUT2D eigenvalue weighted by Crippen LogP contribution is -2.22. The molecule has 20 heavy (non-hydrogen) atoms. The fourth-order valence-corrected chi connectivity index (χ4v) is 2.16. The maximum Gasteiger partial charge on any atom is 0.237 e. The molecule has 0 radical (unpaired) electrons. The fourth-order valence-electron chi connectivity index (χ4n) is 1.40. The maximum absolute atomic E-state index is 12.0. The van der Waals surface area contributed by atoms with Crippen molar-refractivity contribution in [3.63, 3.8) is 0 Å². The molecule has 1 aromatic heterocycles. The van der Waals surface area contributed by atoms with Crippen molar-refractivity contribution >= 4 is 23.4 Å². The summed E-state index contributed by atoms with van der Waals surface area (Å²) in [5.41, 5.74) is 1.20. The van der Waals surface area contributed by atoms with Crippen molar-refractivity contribution in [2.24, 2.45) is 7.05 Å². The zero-order valence-corrected chi connectivity index (χ0v) is 11.8. The molecule has 0 saturated carbocycles. The molecule has 0 spiro atoms. The molecule has 1 aromatic carbocycles. The fraction of sp³-hybridized carbons (Fsp3) is 0.250. The summed E-state index contributed by atoms with van der Waals surface area (Å²) in [5, 5.41) is 22.8. The highest BCUT2D eigenvalue weighted by Gasteiger charge is 2.17. The van der Waals surface area contributed by atoms with Crippen LogP contribution in [0.4, 0.5) is 5.69 Å². The van der Waals surface area contributed by atoms with Gasteiger partial charge in [0.25, 0.3) is 0 Å². The summed E-state index contributed by atoms with van der Waals surface area (Å²) >= 11 is 1.27. The van der Waals surface area contributed by atoms with Gasteiger partial charge in [0.05, 0.1) is 16.9 Å². The minimum atomic E-state index is -0.338. The Morgan fingerprint density at radius 3 is 2.70 bits per heavy atom. The first kappa shape index (κ1) is 14.0. The summed E-state index contributed by atoms with van der Waals surface area (Å²) in [7, 11) is 1.72. The number of hydrogen-bond donors (Lipinski definition) is 1. The number of hydrogen-bond acceptors (Lipinski definition) is 6. The average Bonchev–Trinajstić information content (AvgIpc) is 2.85. The molecular weight excluding hydrogens is 276 g/mol. The zero-order valence-electron chi connectivity index (χ0n) is 10.9. The van der Waals surface area contributed by atoms with E-state index < -0.39 is 0 Å². The topological polar surface area (TPSA) is 96.5 Å². The molecule has 1 N–H and O–H groups in total. The number of nitriles is 1. The smallest absolute Gasteiger partial charge is 0.237 e. The van der Waals surface area contributed by atoms with Crippen molar-refractivity contribution in [1.82, 2.24) is 20.2 Å². The van der Waals surface area contributed by atoms with Crippen molar-refractivity contribution < 1.29 is 4.79 Å². The van der Waals surface area contributed by atoms with Crippen molar-refractivity contribution in [3.05, 3.63) is 29.8 Å². The van der Waals surface area contributed by atoms with Crippen LogP contribution in [-0.4, -0.2) is 31.4 Å². The molecule has 1 amide bonds. The van der Waals surface area contributed by atoms with E-state index >= 15 is 0 Å². The number of benzene rings is 1. The molecule has 102 valence electrons. The lowest BCUT2D eigenvalue weighted by molar-refractivity contribution is -0.115. The maximum atomic E-state index is 12.0. The van der Waals surface area contributed by atoms with E-state index in [-0.39, 0.29) is 11.2 Å². The largest absolute Gasteiger partial charge is 0.325 e. The number of rotatable bonds is 4. The molecule has 1 heterocycles. The Labute approximate surface area is 120 Å². The number of nitrogens with one attached hydrogen (secondary N) is 1. The molecule has 0 aliphatic rings. The summed E-state index contributed by atoms with van der Waals surface area (Å²) in [6, 6.07) is 8.71. The molecule has 0 bridgehead atoms. The Morgan fingerprint density at radius 1 is 1.45 bits per heavy atom. The number of carbonyl (C=O) groups excluding carboxylic acids is 1. The third kappa shape index (κ3) is 3.33. The van der Waals surface area contributed by atoms with E-state index in [1.165, 1.54) is 16.4 Å². The zero-order chi connectivity index (χ0) is 14.5. The van der Waals surface area contributed by atoms with E-state index in [0.29, 0.717) is 16.4 Å². The molecule has 8 heteroatoms. The number of anilines is 1. The van der Waals surface area contributed by atoms with Crippen LogP contribution in [0.2, 0.25) is 0 Å². The number of amides is 1. The Kier molecular flexibility index (Phi) is 4.32. The minimum Gasteiger partial charge on any atom is -0.325 e. The Morgan fingerprint density at radius 2 is 2.15 bits per heavy atom. The van der Waals surface area contributed by atoms with Crippen molar-refractivity contribution in [2.45, 2.75) is 17.3 Å². The number of tetrazole rings is 1. The molecular formula is C12H12N6OS. The van der Waals surface area contributed by atoms with E-state index in [0.717, 1.165) is 0 Å². The molecule has 0 unspecified atom stereocenters. The normalized spacial score (nSPS) is 11.7. The lowest BCUT2D eigenvalue weighted by Gasteiger charge is -2.10. The Hall–Kier alpha value is -2.40. The van der Waals surface area contributed by atoms with Gasteiger partial charge in [0.1, 0.15) is 0 Å². The number of carbonyl (C=O) groups is 1. The minimum absolute atomic E-state index is 0.150. The monoisotopic (exact) mass is 288 g/mol. The van der Waals surface area contributed by atoms with Gasteiger partial charge in [-0.1, -0.05) is 11.8 Å². The molecule has 0 fully saturated rings. The third-order valence-corrected chi connectivity index (χ3v) is 3.64. The van der Waals surface area contributed by atoms with Gasteiger partial charge in [0.2, 0.25) is 11.1 Å². The van der Waals surface area contributed by atoms with Crippen LogP contribution < -0.4 is 5.32 Å².